The zero-order chi connectivity index (χ0) is 16.4. The van der Waals surface area contributed by atoms with Crippen LogP contribution in [-0.2, 0) is 0 Å². The van der Waals surface area contributed by atoms with Gasteiger partial charge in [-0.1, -0.05) is 33.8 Å². The minimum atomic E-state index is -0.413. The molecule has 8 heteroatoms. The third kappa shape index (κ3) is 3.34. The normalized spacial score (nSPS) is 10.6. The molecule has 0 fully saturated rings. The van der Waals surface area contributed by atoms with Crippen molar-refractivity contribution >= 4 is 46.3 Å². The lowest BCUT2D eigenvalue weighted by Gasteiger charge is -2.07. The molecule has 2 aromatic carbocycles. The zero-order valence-corrected chi connectivity index (χ0v) is 13.7. The van der Waals surface area contributed by atoms with E-state index in [0.29, 0.717) is 26.8 Å². The maximum Gasteiger partial charge on any atom is 0.269 e. The van der Waals surface area contributed by atoms with Gasteiger partial charge < -0.3 is 5.32 Å². The lowest BCUT2D eigenvalue weighted by molar-refractivity contribution is 0.103. The van der Waals surface area contributed by atoms with Gasteiger partial charge in [0.15, 0.2) is 0 Å². The molecule has 0 spiro atoms. The Balaban J connectivity index is 1.91. The first-order valence-electron chi connectivity index (χ1n) is 6.40. The van der Waals surface area contributed by atoms with Gasteiger partial charge in [-0.05, 0) is 47.9 Å². The van der Waals surface area contributed by atoms with Crippen LogP contribution in [0, 0.1) is 5.82 Å². The van der Waals surface area contributed by atoms with E-state index in [1.807, 2.05) is 0 Å². The summed E-state index contributed by atoms with van der Waals surface area (Å²) >= 11 is 12.9. The first-order chi connectivity index (χ1) is 11.1. The molecule has 116 valence electrons. The summed E-state index contributed by atoms with van der Waals surface area (Å²) in [5, 5.41) is 7.21. The molecule has 1 N–H and O–H groups in total. The van der Waals surface area contributed by atoms with Crippen molar-refractivity contribution < 1.29 is 9.18 Å². The Morgan fingerprint density at radius 2 is 1.87 bits per heavy atom. The summed E-state index contributed by atoms with van der Waals surface area (Å²) < 4.78 is 16.8. The minimum absolute atomic E-state index is 0.253. The highest BCUT2D eigenvalue weighted by molar-refractivity contribution is 7.08. The molecule has 3 rings (SSSR count). The first kappa shape index (κ1) is 15.9. The number of aromatic nitrogens is 2. The number of nitrogens with zero attached hydrogens (tertiary/aromatic N) is 2. The van der Waals surface area contributed by atoms with Gasteiger partial charge in [0.2, 0.25) is 0 Å². The van der Waals surface area contributed by atoms with Gasteiger partial charge in [0.1, 0.15) is 16.4 Å². The summed E-state index contributed by atoms with van der Waals surface area (Å²) in [6.45, 7) is 0. The molecule has 0 aliphatic rings. The fourth-order valence-corrected chi connectivity index (χ4v) is 2.85. The number of rotatable bonds is 3. The van der Waals surface area contributed by atoms with E-state index in [-0.39, 0.29) is 10.8 Å². The molecule has 4 nitrogen and oxygen atoms in total. The third-order valence-corrected chi connectivity index (χ3v) is 4.56. The van der Waals surface area contributed by atoms with Crippen molar-refractivity contribution in [1.82, 2.24) is 9.59 Å². The Bertz CT molecular complexity index is 867. The van der Waals surface area contributed by atoms with E-state index in [9.17, 15) is 9.18 Å². The average molecular weight is 368 g/mol. The maximum absolute atomic E-state index is 13.0. The molecule has 0 aliphatic carbocycles. The predicted octanol–water partition coefficient (Wildman–Crippen LogP) is 4.90. The molecule has 0 atom stereocenters. The summed E-state index contributed by atoms with van der Waals surface area (Å²) in [7, 11) is 0. The molecule has 1 aromatic heterocycles. The topological polar surface area (TPSA) is 54.9 Å². The summed E-state index contributed by atoms with van der Waals surface area (Å²) in [6.07, 6.45) is 0. The number of carbonyl (C=O) groups excluding carboxylic acids is 1. The fraction of sp³-hybridized carbons (Fsp3) is 0. The van der Waals surface area contributed by atoms with Crippen molar-refractivity contribution in [2.75, 3.05) is 5.32 Å². The second-order valence-electron chi connectivity index (χ2n) is 4.51. The smallest absolute Gasteiger partial charge is 0.269 e. The molecular formula is C15H8Cl2FN3OS. The quantitative estimate of drug-likeness (QED) is 0.715. The molecule has 1 heterocycles. The Kier molecular flexibility index (Phi) is 4.56. The Labute approximate surface area is 145 Å². The van der Waals surface area contributed by atoms with E-state index in [2.05, 4.69) is 14.9 Å². The van der Waals surface area contributed by atoms with Crippen LogP contribution < -0.4 is 5.32 Å². The number of halogens is 3. The van der Waals surface area contributed by atoms with Gasteiger partial charge in [0, 0.05) is 5.56 Å². The molecule has 0 saturated heterocycles. The molecule has 0 radical (unpaired) electrons. The fourth-order valence-electron chi connectivity index (χ4n) is 1.92. The van der Waals surface area contributed by atoms with Crippen molar-refractivity contribution in [2.45, 2.75) is 0 Å². The van der Waals surface area contributed by atoms with E-state index in [1.54, 1.807) is 18.2 Å². The summed E-state index contributed by atoms with van der Waals surface area (Å²) in [4.78, 5) is 12.7. The second-order valence-corrected chi connectivity index (χ2v) is 6.05. The summed E-state index contributed by atoms with van der Waals surface area (Å²) in [5.41, 5.74) is 1.37. The van der Waals surface area contributed by atoms with Gasteiger partial charge in [-0.25, -0.2) is 4.39 Å². The van der Waals surface area contributed by atoms with Gasteiger partial charge in [0.05, 0.1) is 15.7 Å². The molecule has 0 saturated carbocycles. The number of nitrogens with one attached hydrogen (secondary N) is 1. The monoisotopic (exact) mass is 367 g/mol. The first-order valence-corrected chi connectivity index (χ1v) is 7.93. The van der Waals surface area contributed by atoms with Crippen LogP contribution in [0.1, 0.15) is 9.67 Å². The van der Waals surface area contributed by atoms with Crippen LogP contribution in [0.15, 0.2) is 42.5 Å². The molecule has 0 unspecified atom stereocenters. The third-order valence-electron chi connectivity index (χ3n) is 3.01. The van der Waals surface area contributed by atoms with Gasteiger partial charge in [-0.3, -0.25) is 4.79 Å². The van der Waals surface area contributed by atoms with Crippen LogP contribution >= 0.6 is 34.7 Å². The van der Waals surface area contributed by atoms with E-state index >= 15 is 0 Å². The van der Waals surface area contributed by atoms with E-state index in [0.717, 1.165) is 11.5 Å². The van der Waals surface area contributed by atoms with Gasteiger partial charge in [-0.2, -0.15) is 0 Å². The van der Waals surface area contributed by atoms with Crippen molar-refractivity contribution in [3.63, 3.8) is 0 Å². The van der Waals surface area contributed by atoms with E-state index in [1.165, 1.54) is 24.3 Å². The molecule has 0 bridgehead atoms. The molecule has 23 heavy (non-hydrogen) atoms. The number of benzene rings is 2. The molecule has 0 aliphatic heterocycles. The Morgan fingerprint density at radius 3 is 2.61 bits per heavy atom. The maximum atomic E-state index is 13.0. The molecule has 3 aromatic rings. The van der Waals surface area contributed by atoms with Crippen molar-refractivity contribution in [2.24, 2.45) is 0 Å². The number of hydrogen-bond donors (Lipinski definition) is 1. The Hall–Kier alpha value is -2.02. The SMILES string of the molecule is O=C(Nc1cccc(Cl)c1Cl)c1snnc1-c1ccc(F)cc1. The van der Waals surface area contributed by atoms with Gasteiger partial charge in [0.25, 0.3) is 5.91 Å². The highest BCUT2D eigenvalue weighted by Gasteiger charge is 2.19. The van der Waals surface area contributed by atoms with Crippen LogP contribution in [0.5, 0.6) is 0 Å². The van der Waals surface area contributed by atoms with Crippen LogP contribution in [0.25, 0.3) is 11.3 Å². The second kappa shape index (κ2) is 6.62. The summed E-state index contributed by atoms with van der Waals surface area (Å²) in [5.74, 6) is -0.780. The molecule has 1 amide bonds. The van der Waals surface area contributed by atoms with E-state index in [4.69, 9.17) is 23.2 Å². The minimum Gasteiger partial charge on any atom is -0.320 e. The lowest BCUT2D eigenvalue weighted by Crippen LogP contribution is -2.11. The standard InChI is InChI=1S/C15H8Cl2FN3OS/c16-10-2-1-3-11(12(10)17)19-15(22)14-13(20-21-23-14)8-4-6-9(18)7-5-8/h1-7H,(H,19,22). The number of amides is 1. The summed E-state index contributed by atoms with van der Waals surface area (Å²) in [6, 6.07) is 10.6. The van der Waals surface area contributed by atoms with Gasteiger partial charge >= 0.3 is 0 Å². The van der Waals surface area contributed by atoms with Crippen molar-refractivity contribution in [1.29, 1.82) is 0 Å². The number of anilines is 1. The lowest BCUT2D eigenvalue weighted by atomic mass is 10.1. The number of hydrogen-bond acceptors (Lipinski definition) is 4. The predicted molar refractivity (Wildman–Crippen MR) is 89.7 cm³/mol. The van der Waals surface area contributed by atoms with Crippen LogP contribution in [0.4, 0.5) is 10.1 Å². The largest absolute Gasteiger partial charge is 0.320 e. The van der Waals surface area contributed by atoms with Crippen LogP contribution in [0.2, 0.25) is 10.0 Å². The average Bonchev–Trinajstić information content (AvgIpc) is 3.02. The van der Waals surface area contributed by atoms with Crippen LogP contribution in [-0.4, -0.2) is 15.5 Å². The van der Waals surface area contributed by atoms with Crippen molar-refractivity contribution in [3.05, 3.63) is 63.2 Å². The van der Waals surface area contributed by atoms with Gasteiger partial charge in [-0.15, -0.1) is 5.10 Å². The highest BCUT2D eigenvalue weighted by atomic mass is 35.5. The number of carbonyl (C=O) groups is 1. The van der Waals surface area contributed by atoms with Crippen LogP contribution in [0.3, 0.4) is 0 Å². The zero-order valence-electron chi connectivity index (χ0n) is 11.4. The Morgan fingerprint density at radius 1 is 1.13 bits per heavy atom. The van der Waals surface area contributed by atoms with E-state index < -0.39 is 5.91 Å². The highest BCUT2D eigenvalue weighted by Crippen LogP contribution is 2.31. The van der Waals surface area contributed by atoms with Crippen molar-refractivity contribution in [3.8, 4) is 11.3 Å². The molecular weight excluding hydrogens is 360 g/mol.